The molecule has 0 saturated heterocycles. The van der Waals surface area contributed by atoms with Gasteiger partial charge in [-0.25, -0.2) is 4.68 Å². The fraction of sp³-hybridized carbons (Fsp3) is 0.476. The number of hydrogen-bond acceptors (Lipinski definition) is 3. The molecule has 0 atom stereocenters. The van der Waals surface area contributed by atoms with Crippen molar-refractivity contribution in [2.75, 3.05) is 13.6 Å². The lowest BCUT2D eigenvalue weighted by Crippen LogP contribution is -2.37. The molecular formula is C21H24F3N3O2. The standard InChI is InChI=1S/C21H24F3N3O2/c1-14-11-18(28)19(20(29)26(2)13-15-7-4-3-5-8-15)25-27(14)17-10-6-9-16(12-17)21(22,23)24/h6,9-12,15H,3-5,7-8,13H2,1-2H3. The van der Waals surface area contributed by atoms with Gasteiger partial charge in [0.25, 0.3) is 5.91 Å². The van der Waals surface area contributed by atoms with E-state index in [1.54, 1.807) is 14.0 Å². The summed E-state index contributed by atoms with van der Waals surface area (Å²) in [6.45, 7) is 2.10. The van der Waals surface area contributed by atoms with Crippen molar-refractivity contribution >= 4 is 5.91 Å². The van der Waals surface area contributed by atoms with Gasteiger partial charge in [0.1, 0.15) is 0 Å². The molecular weight excluding hydrogens is 383 g/mol. The molecule has 0 unspecified atom stereocenters. The molecule has 1 saturated carbocycles. The van der Waals surface area contributed by atoms with Crippen LogP contribution < -0.4 is 5.43 Å². The summed E-state index contributed by atoms with van der Waals surface area (Å²) >= 11 is 0. The smallest absolute Gasteiger partial charge is 0.340 e. The van der Waals surface area contributed by atoms with E-state index in [1.165, 1.54) is 34.2 Å². The van der Waals surface area contributed by atoms with Crippen molar-refractivity contribution in [2.24, 2.45) is 5.92 Å². The molecule has 8 heteroatoms. The molecule has 0 radical (unpaired) electrons. The van der Waals surface area contributed by atoms with Crippen LogP contribution in [0.1, 0.15) is 53.8 Å². The number of rotatable bonds is 4. The van der Waals surface area contributed by atoms with Gasteiger partial charge in [0, 0.05) is 25.4 Å². The minimum Gasteiger partial charge on any atom is -0.340 e. The van der Waals surface area contributed by atoms with Crippen molar-refractivity contribution in [3.8, 4) is 5.69 Å². The minimum atomic E-state index is -4.50. The quantitative estimate of drug-likeness (QED) is 0.763. The zero-order chi connectivity index (χ0) is 21.2. The molecule has 0 aliphatic heterocycles. The van der Waals surface area contributed by atoms with Crippen LogP contribution in [0.5, 0.6) is 0 Å². The number of carbonyl (C=O) groups excluding carboxylic acids is 1. The van der Waals surface area contributed by atoms with Crippen molar-refractivity contribution in [3.63, 3.8) is 0 Å². The first-order chi connectivity index (χ1) is 13.7. The number of amides is 1. The highest BCUT2D eigenvalue weighted by Gasteiger charge is 2.31. The molecule has 1 aromatic carbocycles. The predicted molar refractivity (Wildman–Crippen MR) is 103 cm³/mol. The fourth-order valence-corrected chi connectivity index (χ4v) is 3.79. The molecule has 0 bridgehead atoms. The van der Waals surface area contributed by atoms with Crippen LogP contribution in [-0.4, -0.2) is 34.2 Å². The van der Waals surface area contributed by atoms with Crippen LogP contribution in [0.4, 0.5) is 13.2 Å². The maximum atomic E-state index is 13.0. The van der Waals surface area contributed by atoms with Crippen LogP contribution >= 0.6 is 0 Å². The van der Waals surface area contributed by atoms with Gasteiger partial charge in [-0.2, -0.15) is 18.3 Å². The molecule has 1 aliphatic carbocycles. The Balaban J connectivity index is 1.91. The molecule has 156 valence electrons. The van der Waals surface area contributed by atoms with Crippen LogP contribution in [-0.2, 0) is 6.18 Å². The summed E-state index contributed by atoms with van der Waals surface area (Å²) in [5, 5.41) is 4.12. The van der Waals surface area contributed by atoms with Crippen LogP contribution in [0.15, 0.2) is 35.1 Å². The Morgan fingerprint density at radius 2 is 1.90 bits per heavy atom. The molecule has 1 heterocycles. The summed E-state index contributed by atoms with van der Waals surface area (Å²) in [5.41, 5.74) is -1.16. The van der Waals surface area contributed by atoms with Gasteiger partial charge in [-0.15, -0.1) is 0 Å². The van der Waals surface area contributed by atoms with Crippen molar-refractivity contribution < 1.29 is 18.0 Å². The number of alkyl halides is 3. The van der Waals surface area contributed by atoms with E-state index < -0.39 is 23.1 Å². The van der Waals surface area contributed by atoms with E-state index in [4.69, 9.17) is 0 Å². The monoisotopic (exact) mass is 407 g/mol. The topological polar surface area (TPSA) is 55.2 Å². The SMILES string of the molecule is Cc1cc(=O)c(C(=O)N(C)CC2CCCCC2)nn1-c1cccc(C(F)(F)F)c1. The van der Waals surface area contributed by atoms with Gasteiger partial charge in [0.05, 0.1) is 11.3 Å². The Morgan fingerprint density at radius 3 is 2.55 bits per heavy atom. The van der Waals surface area contributed by atoms with E-state index >= 15 is 0 Å². The first kappa shape index (κ1) is 21.1. The first-order valence-electron chi connectivity index (χ1n) is 9.71. The van der Waals surface area contributed by atoms with Gasteiger partial charge in [-0.05, 0) is 43.9 Å². The highest BCUT2D eigenvalue weighted by atomic mass is 19.4. The third-order valence-corrected chi connectivity index (χ3v) is 5.33. The third kappa shape index (κ3) is 4.86. The van der Waals surface area contributed by atoms with E-state index in [0.29, 0.717) is 18.2 Å². The van der Waals surface area contributed by atoms with Gasteiger partial charge in [-0.1, -0.05) is 25.3 Å². The summed E-state index contributed by atoms with van der Waals surface area (Å²) in [4.78, 5) is 26.7. The molecule has 5 nitrogen and oxygen atoms in total. The predicted octanol–water partition coefficient (Wildman–Crippen LogP) is 4.21. The van der Waals surface area contributed by atoms with Gasteiger partial charge in [-0.3, -0.25) is 9.59 Å². The lowest BCUT2D eigenvalue weighted by molar-refractivity contribution is -0.137. The summed E-state index contributed by atoms with van der Waals surface area (Å²) < 4.78 is 40.3. The number of halogens is 3. The molecule has 29 heavy (non-hydrogen) atoms. The van der Waals surface area contributed by atoms with Gasteiger partial charge in [0.2, 0.25) is 5.43 Å². The maximum absolute atomic E-state index is 13.0. The number of carbonyl (C=O) groups is 1. The van der Waals surface area contributed by atoms with Crippen LogP contribution in [0, 0.1) is 12.8 Å². The van der Waals surface area contributed by atoms with Crippen LogP contribution in [0.2, 0.25) is 0 Å². The summed E-state index contributed by atoms with van der Waals surface area (Å²) in [6.07, 6.45) is 1.08. The molecule has 1 amide bonds. The summed E-state index contributed by atoms with van der Waals surface area (Å²) in [6, 6.07) is 5.87. The van der Waals surface area contributed by atoms with Gasteiger partial charge in [0.15, 0.2) is 5.69 Å². The average molecular weight is 407 g/mol. The van der Waals surface area contributed by atoms with Crippen molar-refractivity contribution in [1.29, 1.82) is 0 Å². The molecule has 1 aromatic heterocycles. The Hall–Kier alpha value is -2.64. The third-order valence-electron chi connectivity index (χ3n) is 5.33. The second kappa shape index (κ2) is 8.39. The Labute approximate surface area is 167 Å². The average Bonchev–Trinajstić information content (AvgIpc) is 2.68. The Morgan fingerprint density at radius 1 is 1.21 bits per heavy atom. The van der Waals surface area contributed by atoms with E-state index in [0.717, 1.165) is 37.8 Å². The van der Waals surface area contributed by atoms with Crippen molar-refractivity contribution in [3.05, 3.63) is 57.5 Å². The number of benzene rings is 1. The lowest BCUT2D eigenvalue weighted by Gasteiger charge is -2.26. The number of aryl methyl sites for hydroxylation is 1. The minimum absolute atomic E-state index is 0.140. The van der Waals surface area contributed by atoms with Crippen LogP contribution in [0.3, 0.4) is 0 Å². The second-order valence-corrected chi connectivity index (χ2v) is 7.65. The van der Waals surface area contributed by atoms with Gasteiger partial charge >= 0.3 is 6.18 Å². The van der Waals surface area contributed by atoms with Crippen molar-refractivity contribution in [2.45, 2.75) is 45.2 Å². The van der Waals surface area contributed by atoms with E-state index in [1.807, 2.05) is 0 Å². The molecule has 1 aliphatic rings. The molecule has 1 fully saturated rings. The normalized spacial score (nSPS) is 15.3. The second-order valence-electron chi connectivity index (χ2n) is 7.65. The van der Waals surface area contributed by atoms with E-state index in [9.17, 15) is 22.8 Å². The van der Waals surface area contributed by atoms with Crippen molar-refractivity contribution in [1.82, 2.24) is 14.7 Å². The first-order valence-corrected chi connectivity index (χ1v) is 9.71. The fourth-order valence-electron chi connectivity index (χ4n) is 3.79. The Kier molecular flexibility index (Phi) is 6.10. The highest BCUT2D eigenvalue weighted by Crippen LogP contribution is 2.30. The lowest BCUT2D eigenvalue weighted by atomic mass is 9.89. The van der Waals surface area contributed by atoms with E-state index in [2.05, 4.69) is 5.10 Å². The molecule has 2 aromatic rings. The Bertz CT molecular complexity index is 947. The van der Waals surface area contributed by atoms with Crippen LogP contribution in [0.25, 0.3) is 5.69 Å². The summed E-state index contributed by atoms with van der Waals surface area (Å²) in [7, 11) is 1.63. The zero-order valence-corrected chi connectivity index (χ0v) is 16.5. The largest absolute Gasteiger partial charge is 0.416 e. The molecule has 0 N–H and O–H groups in total. The van der Waals surface area contributed by atoms with E-state index in [-0.39, 0.29) is 11.4 Å². The highest BCUT2D eigenvalue weighted by molar-refractivity contribution is 5.91. The maximum Gasteiger partial charge on any atom is 0.416 e. The summed E-state index contributed by atoms with van der Waals surface area (Å²) in [5.74, 6) is -0.116. The molecule has 3 rings (SSSR count). The number of nitrogens with zero attached hydrogens (tertiary/aromatic N) is 3. The number of aromatic nitrogens is 2. The van der Waals surface area contributed by atoms with Gasteiger partial charge < -0.3 is 4.90 Å². The zero-order valence-electron chi connectivity index (χ0n) is 16.5. The molecule has 0 spiro atoms. The number of hydrogen-bond donors (Lipinski definition) is 0.